The molecule has 3 rings (SSSR count). The number of hydrogen-bond acceptors (Lipinski definition) is 3. The maximum Gasteiger partial charge on any atom is 0.261 e. The summed E-state index contributed by atoms with van der Waals surface area (Å²) in [5.74, 6) is 0.356. The van der Waals surface area contributed by atoms with E-state index in [4.69, 9.17) is 4.74 Å². The lowest BCUT2D eigenvalue weighted by molar-refractivity contribution is 0.296. The number of nitrogens with zero attached hydrogens (tertiary/aromatic N) is 2. The molecular formula is C17H15FN2O2. The third kappa shape index (κ3) is 2.98. The predicted molar refractivity (Wildman–Crippen MR) is 82.6 cm³/mol. The summed E-state index contributed by atoms with van der Waals surface area (Å²) < 4.78 is 20.2. The number of fused-ring (bicyclic) bond motifs is 1. The van der Waals surface area contributed by atoms with E-state index < -0.39 is 5.82 Å². The van der Waals surface area contributed by atoms with Crippen LogP contribution < -0.4 is 10.3 Å². The predicted octanol–water partition coefficient (Wildman–Crippen LogP) is 2.92. The molecule has 0 saturated heterocycles. The van der Waals surface area contributed by atoms with Crippen LogP contribution in [0.4, 0.5) is 4.39 Å². The molecule has 0 aliphatic rings. The van der Waals surface area contributed by atoms with Gasteiger partial charge in [-0.05, 0) is 31.2 Å². The zero-order chi connectivity index (χ0) is 15.5. The number of rotatable bonds is 4. The molecule has 3 aromatic rings. The highest BCUT2D eigenvalue weighted by molar-refractivity contribution is 5.77. The molecule has 0 N–H and O–H groups in total. The largest absolute Gasteiger partial charge is 0.492 e. The molecule has 1 aromatic heterocycles. The molecule has 0 aliphatic carbocycles. The first-order chi connectivity index (χ1) is 10.6. The van der Waals surface area contributed by atoms with Gasteiger partial charge in [-0.2, -0.15) is 0 Å². The van der Waals surface area contributed by atoms with Crippen molar-refractivity contribution in [2.24, 2.45) is 0 Å². The highest BCUT2D eigenvalue weighted by Crippen LogP contribution is 2.11. The summed E-state index contributed by atoms with van der Waals surface area (Å²) in [4.78, 5) is 16.4. The number of aromatic nitrogens is 2. The molecule has 0 atom stereocenters. The van der Waals surface area contributed by atoms with Gasteiger partial charge in [0.25, 0.3) is 5.56 Å². The van der Waals surface area contributed by atoms with Crippen LogP contribution in [-0.4, -0.2) is 16.2 Å². The smallest absolute Gasteiger partial charge is 0.261 e. The average molecular weight is 298 g/mol. The van der Waals surface area contributed by atoms with Gasteiger partial charge in [0.15, 0.2) is 0 Å². The maximum absolute atomic E-state index is 13.1. The lowest BCUT2D eigenvalue weighted by atomic mass is 10.2. The number of aryl methyl sites for hydroxylation is 1. The van der Waals surface area contributed by atoms with Crippen molar-refractivity contribution in [3.63, 3.8) is 0 Å². The van der Waals surface area contributed by atoms with Gasteiger partial charge in [0.2, 0.25) is 0 Å². The van der Waals surface area contributed by atoms with Gasteiger partial charge in [0.1, 0.15) is 18.2 Å². The first-order valence-corrected chi connectivity index (χ1v) is 6.98. The minimum absolute atomic E-state index is 0.197. The van der Waals surface area contributed by atoms with E-state index >= 15 is 0 Å². The molecule has 22 heavy (non-hydrogen) atoms. The Morgan fingerprint density at radius 3 is 2.73 bits per heavy atom. The molecular weight excluding hydrogens is 283 g/mol. The Morgan fingerprint density at radius 2 is 1.95 bits per heavy atom. The quantitative estimate of drug-likeness (QED) is 0.744. The van der Waals surface area contributed by atoms with Crippen molar-refractivity contribution < 1.29 is 9.13 Å². The molecule has 0 aliphatic heterocycles. The standard InChI is InChI=1S/C17H15FN2O2/c1-12-2-5-14(6-3-12)22-9-8-20-11-19-16-10-13(18)4-7-15(16)17(20)21/h2-7,10-11H,8-9H2,1H3. The Kier molecular flexibility index (Phi) is 3.87. The van der Waals surface area contributed by atoms with Crippen molar-refractivity contribution in [2.75, 3.05) is 6.61 Å². The number of halogens is 1. The fourth-order valence-corrected chi connectivity index (χ4v) is 2.19. The van der Waals surface area contributed by atoms with Gasteiger partial charge in [-0.25, -0.2) is 9.37 Å². The van der Waals surface area contributed by atoms with Crippen LogP contribution in [-0.2, 0) is 6.54 Å². The summed E-state index contributed by atoms with van der Waals surface area (Å²) in [6.45, 7) is 2.75. The summed E-state index contributed by atoms with van der Waals surface area (Å²) in [6.07, 6.45) is 1.42. The molecule has 0 unspecified atom stereocenters. The topological polar surface area (TPSA) is 44.1 Å². The van der Waals surface area contributed by atoms with E-state index in [1.54, 1.807) is 0 Å². The van der Waals surface area contributed by atoms with Crippen LogP contribution in [0.2, 0.25) is 0 Å². The van der Waals surface area contributed by atoms with Crippen molar-refractivity contribution in [1.82, 2.24) is 9.55 Å². The second-order valence-electron chi connectivity index (χ2n) is 5.07. The highest BCUT2D eigenvalue weighted by Gasteiger charge is 2.05. The van der Waals surface area contributed by atoms with Crippen molar-refractivity contribution in [1.29, 1.82) is 0 Å². The summed E-state index contributed by atoms with van der Waals surface area (Å²) in [5.41, 5.74) is 1.33. The molecule has 0 radical (unpaired) electrons. The minimum atomic E-state index is -0.403. The van der Waals surface area contributed by atoms with Crippen LogP contribution >= 0.6 is 0 Å². The van der Waals surface area contributed by atoms with E-state index in [0.29, 0.717) is 24.1 Å². The lowest BCUT2D eigenvalue weighted by Crippen LogP contribution is -2.23. The van der Waals surface area contributed by atoms with Crippen molar-refractivity contribution in [3.05, 3.63) is 70.5 Å². The Labute approximate surface area is 126 Å². The molecule has 0 spiro atoms. The van der Waals surface area contributed by atoms with Crippen LogP contribution in [0, 0.1) is 12.7 Å². The van der Waals surface area contributed by atoms with Gasteiger partial charge in [-0.15, -0.1) is 0 Å². The molecule has 2 aromatic carbocycles. The summed E-state index contributed by atoms with van der Waals surface area (Å²) >= 11 is 0. The van der Waals surface area contributed by atoms with Gasteiger partial charge in [-0.3, -0.25) is 9.36 Å². The highest BCUT2D eigenvalue weighted by atomic mass is 19.1. The SMILES string of the molecule is Cc1ccc(OCCn2cnc3cc(F)ccc3c2=O)cc1. The van der Waals surface area contributed by atoms with Crippen LogP contribution in [0.1, 0.15) is 5.56 Å². The van der Waals surface area contributed by atoms with Crippen LogP contribution in [0.25, 0.3) is 10.9 Å². The summed E-state index contributed by atoms with van der Waals surface area (Å²) in [6, 6.07) is 11.7. The Balaban J connectivity index is 1.74. The second kappa shape index (κ2) is 5.97. The van der Waals surface area contributed by atoms with Gasteiger partial charge < -0.3 is 4.74 Å². The third-order valence-corrected chi connectivity index (χ3v) is 3.41. The fourth-order valence-electron chi connectivity index (χ4n) is 2.19. The molecule has 4 nitrogen and oxygen atoms in total. The zero-order valence-electron chi connectivity index (χ0n) is 12.1. The summed E-state index contributed by atoms with van der Waals surface area (Å²) in [5, 5.41) is 0.402. The van der Waals surface area contributed by atoms with Gasteiger partial charge in [0.05, 0.1) is 23.8 Å². The molecule has 1 heterocycles. The minimum Gasteiger partial charge on any atom is -0.492 e. The monoisotopic (exact) mass is 298 g/mol. The number of benzene rings is 2. The van der Waals surface area contributed by atoms with E-state index in [1.165, 1.54) is 29.1 Å². The molecule has 112 valence electrons. The zero-order valence-corrected chi connectivity index (χ0v) is 12.1. The summed E-state index contributed by atoms with van der Waals surface area (Å²) in [7, 11) is 0. The Bertz CT molecular complexity index is 857. The van der Waals surface area contributed by atoms with Crippen LogP contribution in [0.3, 0.4) is 0 Å². The second-order valence-corrected chi connectivity index (χ2v) is 5.07. The van der Waals surface area contributed by atoms with Gasteiger partial charge >= 0.3 is 0 Å². The molecule has 0 saturated carbocycles. The van der Waals surface area contributed by atoms with E-state index in [1.807, 2.05) is 31.2 Å². The molecule has 5 heteroatoms. The van der Waals surface area contributed by atoms with Gasteiger partial charge in [0, 0.05) is 6.07 Å². The molecule has 0 fully saturated rings. The average Bonchev–Trinajstić information content (AvgIpc) is 2.51. The molecule has 0 amide bonds. The first kappa shape index (κ1) is 14.3. The van der Waals surface area contributed by atoms with Crippen LogP contribution in [0.5, 0.6) is 5.75 Å². The van der Waals surface area contributed by atoms with Gasteiger partial charge in [-0.1, -0.05) is 17.7 Å². The van der Waals surface area contributed by atoms with E-state index in [-0.39, 0.29) is 5.56 Å². The fraction of sp³-hybridized carbons (Fsp3) is 0.176. The Hall–Kier alpha value is -2.69. The molecule has 0 bridgehead atoms. The lowest BCUT2D eigenvalue weighted by Gasteiger charge is -2.09. The van der Waals surface area contributed by atoms with E-state index in [9.17, 15) is 9.18 Å². The third-order valence-electron chi connectivity index (χ3n) is 3.41. The van der Waals surface area contributed by atoms with Crippen molar-refractivity contribution in [2.45, 2.75) is 13.5 Å². The first-order valence-electron chi connectivity index (χ1n) is 6.98. The van der Waals surface area contributed by atoms with Crippen LogP contribution in [0.15, 0.2) is 53.6 Å². The Morgan fingerprint density at radius 1 is 1.18 bits per heavy atom. The number of ether oxygens (including phenoxy) is 1. The maximum atomic E-state index is 13.1. The normalized spacial score (nSPS) is 10.8. The van der Waals surface area contributed by atoms with Crippen molar-refractivity contribution in [3.8, 4) is 5.75 Å². The number of hydrogen-bond donors (Lipinski definition) is 0. The van der Waals surface area contributed by atoms with Crippen molar-refractivity contribution >= 4 is 10.9 Å². The van der Waals surface area contributed by atoms with E-state index in [0.717, 1.165) is 11.3 Å². The van der Waals surface area contributed by atoms with E-state index in [2.05, 4.69) is 4.98 Å².